The number of aliphatic hydroxyl groups is 1. The number of thioether (sulfide) groups is 1. The summed E-state index contributed by atoms with van der Waals surface area (Å²) in [6.07, 6.45) is 3.94. The molecule has 3 rings (SSSR count). The molecule has 0 aliphatic carbocycles. The topological polar surface area (TPSA) is 60.9 Å². The zero-order valence-corrected chi connectivity index (χ0v) is 16.9. The largest absolute Gasteiger partial charge is 0.391 e. The lowest BCUT2D eigenvalue weighted by atomic mass is 9.98. The summed E-state index contributed by atoms with van der Waals surface area (Å²) < 4.78 is 0. The van der Waals surface area contributed by atoms with Gasteiger partial charge in [-0.05, 0) is 37.7 Å². The fraction of sp³-hybridized carbons (Fsp3) is 0.619. The molecule has 2 fully saturated rings. The van der Waals surface area contributed by atoms with Gasteiger partial charge in [0.15, 0.2) is 0 Å². The minimum atomic E-state index is -0.491. The van der Waals surface area contributed by atoms with Gasteiger partial charge in [0.1, 0.15) is 6.04 Å². The number of amides is 2. The average molecular weight is 391 g/mol. The predicted octanol–water partition coefficient (Wildman–Crippen LogP) is 2.67. The number of piperidine rings is 1. The number of rotatable bonds is 6. The third-order valence-corrected chi connectivity index (χ3v) is 6.68. The fourth-order valence-corrected chi connectivity index (χ4v) is 5.26. The first-order chi connectivity index (χ1) is 13.1. The van der Waals surface area contributed by atoms with Crippen LogP contribution >= 0.6 is 11.8 Å². The van der Waals surface area contributed by atoms with Gasteiger partial charge >= 0.3 is 0 Å². The third kappa shape index (κ3) is 4.85. The highest BCUT2D eigenvalue weighted by Gasteiger charge is 2.40. The van der Waals surface area contributed by atoms with Crippen molar-refractivity contribution in [2.75, 3.05) is 18.2 Å². The summed E-state index contributed by atoms with van der Waals surface area (Å²) in [7, 11) is 0. The summed E-state index contributed by atoms with van der Waals surface area (Å²) in [4.78, 5) is 29.7. The zero-order valence-electron chi connectivity index (χ0n) is 16.0. The monoisotopic (exact) mass is 390 g/mol. The van der Waals surface area contributed by atoms with E-state index >= 15 is 0 Å². The molecule has 2 saturated heterocycles. The Morgan fingerprint density at radius 2 is 2.00 bits per heavy atom. The van der Waals surface area contributed by atoms with Crippen molar-refractivity contribution in [2.45, 2.75) is 63.6 Å². The van der Waals surface area contributed by atoms with E-state index in [0.717, 1.165) is 30.6 Å². The summed E-state index contributed by atoms with van der Waals surface area (Å²) in [5, 5.41) is 10.3. The van der Waals surface area contributed by atoms with E-state index in [1.807, 2.05) is 42.2 Å². The summed E-state index contributed by atoms with van der Waals surface area (Å²) in [5.74, 6) is 1.47. The van der Waals surface area contributed by atoms with Crippen LogP contribution in [0.2, 0.25) is 0 Å². The smallest absolute Gasteiger partial charge is 0.246 e. The highest BCUT2D eigenvalue weighted by molar-refractivity contribution is 7.99. The Hall–Kier alpha value is -1.53. The summed E-state index contributed by atoms with van der Waals surface area (Å²) in [5.41, 5.74) is 1.15. The van der Waals surface area contributed by atoms with Gasteiger partial charge < -0.3 is 14.9 Å². The second-order valence-electron chi connectivity index (χ2n) is 7.44. The third-order valence-electron chi connectivity index (χ3n) is 5.64. The number of carbonyl (C=O) groups is 2. The van der Waals surface area contributed by atoms with E-state index in [9.17, 15) is 14.7 Å². The van der Waals surface area contributed by atoms with Gasteiger partial charge in [-0.1, -0.05) is 37.3 Å². The highest BCUT2D eigenvalue weighted by Crippen LogP contribution is 2.28. The number of aliphatic hydroxyl groups excluding tert-OH is 1. The van der Waals surface area contributed by atoms with E-state index in [2.05, 4.69) is 0 Å². The maximum Gasteiger partial charge on any atom is 0.246 e. The average Bonchev–Trinajstić information content (AvgIpc) is 3.21. The van der Waals surface area contributed by atoms with Crippen molar-refractivity contribution in [2.24, 2.45) is 0 Å². The van der Waals surface area contributed by atoms with Crippen LogP contribution < -0.4 is 0 Å². The van der Waals surface area contributed by atoms with E-state index in [1.54, 1.807) is 16.7 Å². The Labute approximate surface area is 166 Å². The summed E-state index contributed by atoms with van der Waals surface area (Å²) >= 11 is 1.69. The van der Waals surface area contributed by atoms with Crippen LogP contribution in [0.4, 0.5) is 0 Å². The lowest BCUT2D eigenvalue weighted by Crippen LogP contribution is -2.55. The Kier molecular flexibility index (Phi) is 7.19. The first-order valence-corrected chi connectivity index (χ1v) is 11.2. The normalized spacial score (nSPS) is 24.1. The molecule has 27 heavy (non-hydrogen) atoms. The second kappa shape index (κ2) is 9.60. The summed E-state index contributed by atoms with van der Waals surface area (Å²) in [6.45, 7) is 2.60. The van der Waals surface area contributed by atoms with Crippen molar-refractivity contribution in [3.05, 3.63) is 35.9 Å². The molecule has 2 aliphatic rings. The van der Waals surface area contributed by atoms with Crippen molar-refractivity contribution in [3.8, 4) is 0 Å². The first kappa shape index (κ1) is 20.2. The Bertz CT molecular complexity index is 640. The van der Waals surface area contributed by atoms with E-state index in [1.165, 1.54) is 0 Å². The van der Waals surface area contributed by atoms with Gasteiger partial charge in [0.05, 0.1) is 18.0 Å². The number of carbonyl (C=O) groups excluding carboxylic acids is 2. The molecule has 1 aromatic carbocycles. The molecule has 6 heteroatoms. The van der Waals surface area contributed by atoms with Crippen molar-refractivity contribution in [1.82, 2.24) is 9.80 Å². The molecule has 1 N–H and O–H groups in total. The number of aryl methyl sites for hydroxylation is 1. The van der Waals surface area contributed by atoms with Gasteiger partial charge in [-0.2, -0.15) is 0 Å². The number of likely N-dealkylation sites (tertiary alicyclic amines) is 1. The van der Waals surface area contributed by atoms with Crippen molar-refractivity contribution in [1.29, 1.82) is 0 Å². The van der Waals surface area contributed by atoms with E-state index in [-0.39, 0.29) is 23.9 Å². The second-order valence-corrected chi connectivity index (χ2v) is 8.43. The lowest BCUT2D eigenvalue weighted by molar-refractivity contribution is -0.149. The maximum absolute atomic E-state index is 13.2. The Morgan fingerprint density at radius 3 is 2.74 bits per heavy atom. The van der Waals surface area contributed by atoms with Gasteiger partial charge in [-0.15, -0.1) is 11.8 Å². The molecule has 2 amide bonds. The molecule has 1 aromatic rings. The first-order valence-electron chi connectivity index (χ1n) is 10.0. The van der Waals surface area contributed by atoms with Crippen LogP contribution in [0.3, 0.4) is 0 Å². The lowest BCUT2D eigenvalue weighted by Gasteiger charge is -2.38. The molecule has 0 aromatic heterocycles. The molecule has 0 spiro atoms. The molecule has 3 atom stereocenters. The molecule has 0 bridgehead atoms. The SMILES string of the molecule is CCC(O)[C@@H]1CSCN1C(=O)C1CCCCN1C(=O)CCc1ccccc1. The molecule has 2 aliphatic heterocycles. The minimum Gasteiger partial charge on any atom is -0.391 e. The summed E-state index contributed by atoms with van der Waals surface area (Å²) in [6, 6.07) is 9.51. The molecular weight excluding hydrogens is 360 g/mol. The Morgan fingerprint density at radius 1 is 1.22 bits per heavy atom. The van der Waals surface area contributed by atoms with Crippen molar-refractivity contribution >= 4 is 23.6 Å². The zero-order chi connectivity index (χ0) is 19.2. The van der Waals surface area contributed by atoms with Gasteiger partial charge in [0, 0.05) is 18.7 Å². The van der Waals surface area contributed by atoms with Crippen molar-refractivity contribution in [3.63, 3.8) is 0 Å². The number of nitrogens with zero attached hydrogens (tertiary/aromatic N) is 2. The minimum absolute atomic E-state index is 0.0188. The van der Waals surface area contributed by atoms with Crippen LogP contribution in [0, 0.1) is 0 Å². The van der Waals surface area contributed by atoms with E-state index < -0.39 is 6.10 Å². The predicted molar refractivity (Wildman–Crippen MR) is 108 cm³/mol. The quantitative estimate of drug-likeness (QED) is 0.811. The number of hydrogen-bond donors (Lipinski definition) is 1. The molecule has 2 unspecified atom stereocenters. The molecular formula is C21H30N2O3S. The van der Waals surface area contributed by atoms with Crippen LogP contribution in [-0.4, -0.2) is 63.1 Å². The van der Waals surface area contributed by atoms with Crippen LogP contribution in [-0.2, 0) is 16.0 Å². The van der Waals surface area contributed by atoms with Gasteiger partial charge in [0.2, 0.25) is 11.8 Å². The number of hydrogen-bond acceptors (Lipinski definition) is 4. The van der Waals surface area contributed by atoms with E-state index in [0.29, 0.717) is 31.7 Å². The molecule has 148 valence electrons. The van der Waals surface area contributed by atoms with Crippen LogP contribution in [0.5, 0.6) is 0 Å². The molecule has 2 heterocycles. The van der Waals surface area contributed by atoms with Crippen LogP contribution in [0.25, 0.3) is 0 Å². The highest BCUT2D eigenvalue weighted by atomic mass is 32.2. The van der Waals surface area contributed by atoms with Crippen molar-refractivity contribution < 1.29 is 14.7 Å². The number of benzene rings is 1. The molecule has 5 nitrogen and oxygen atoms in total. The fourth-order valence-electron chi connectivity index (χ4n) is 3.99. The maximum atomic E-state index is 13.2. The van der Waals surface area contributed by atoms with Gasteiger partial charge in [0.25, 0.3) is 0 Å². The van der Waals surface area contributed by atoms with Crippen LogP contribution in [0.1, 0.15) is 44.6 Å². The molecule has 0 saturated carbocycles. The van der Waals surface area contributed by atoms with Crippen LogP contribution in [0.15, 0.2) is 30.3 Å². The van der Waals surface area contributed by atoms with E-state index in [4.69, 9.17) is 0 Å². The van der Waals surface area contributed by atoms with Gasteiger partial charge in [-0.25, -0.2) is 0 Å². The Balaban J connectivity index is 1.65. The van der Waals surface area contributed by atoms with Gasteiger partial charge in [-0.3, -0.25) is 9.59 Å². The standard InChI is InChI=1S/C21H30N2O3S/c1-2-19(24)18-14-27-15-23(18)21(26)17-10-6-7-13-22(17)20(25)12-11-16-8-4-3-5-9-16/h3-5,8-9,17-19,24H,2,6-7,10-15H2,1H3/t17?,18-,19?/m0/s1. The molecule has 0 radical (unpaired) electrons.